The molecular weight excluding hydrogens is 550 g/mol. The quantitative estimate of drug-likeness (QED) is 0.231. The van der Waals surface area contributed by atoms with Crippen LogP contribution in [0.4, 0.5) is 5.69 Å². The van der Waals surface area contributed by atoms with Crippen molar-refractivity contribution in [1.82, 2.24) is 5.01 Å². The van der Waals surface area contributed by atoms with Crippen LogP contribution in [0.15, 0.2) is 95.8 Å². The molecule has 5 aromatic rings. The number of aliphatic imine (C=N–C) groups is 1. The number of aromatic hydroxyl groups is 1. The molecule has 10 heteroatoms. The second kappa shape index (κ2) is 10.3. The minimum atomic E-state index is -0.828. The van der Waals surface area contributed by atoms with Crippen molar-refractivity contribution < 1.29 is 23.5 Å². The SMILES string of the molecule is CC(=O)N1C(=O)/C(=C\c2c(O)oc3c(C)cccc3c2=O)N=C(c2ccccc2)N1c1cc2c(C)cc(=O)oc2cc1C. The first-order chi connectivity index (χ1) is 20.5. The third-order valence-electron chi connectivity index (χ3n) is 7.28. The van der Waals surface area contributed by atoms with E-state index >= 15 is 0 Å². The lowest BCUT2D eigenvalue weighted by atomic mass is 10.0. The van der Waals surface area contributed by atoms with Gasteiger partial charge in [0.05, 0.1) is 11.1 Å². The highest BCUT2D eigenvalue weighted by molar-refractivity contribution is 6.22. The highest BCUT2D eigenvalue weighted by atomic mass is 16.5. The Kier molecular flexibility index (Phi) is 6.53. The summed E-state index contributed by atoms with van der Waals surface area (Å²) < 4.78 is 11.0. The van der Waals surface area contributed by atoms with Gasteiger partial charge in [0, 0.05) is 23.9 Å². The zero-order chi connectivity index (χ0) is 30.6. The van der Waals surface area contributed by atoms with Gasteiger partial charge < -0.3 is 13.9 Å². The fourth-order valence-electron chi connectivity index (χ4n) is 5.18. The van der Waals surface area contributed by atoms with Crippen molar-refractivity contribution >= 4 is 51.4 Å². The molecule has 2 aromatic heterocycles. The molecule has 1 aliphatic rings. The van der Waals surface area contributed by atoms with Crippen LogP contribution in [-0.2, 0) is 9.59 Å². The molecule has 0 spiro atoms. The maximum Gasteiger partial charge on any atom is 0.336 e. The monoisotopic (exact) mass is 575 g/mol. The van der Waals surface area contributed by atoms with Crippen LogP contribution in [0.5, 0.6) is 5.95 Å². The van der Waals surface area contributed by atoms with Crippen molar-refractivity contribution in [3.63, 3.8) is 0 Å². The molecule has 1 N–H and O–H groups in total. The van der Waals surface area contributed by atoms with Crippen LogP contribution in [0.3, 0.4) is 0 Å². The number of anilines is 1. The predicted octanol–water partition coefficient (Wildman–Crippen LogP) is 5.13. The Morgan fingerprint density at radius 2 is 1.60 bits per heavy atom. The normalized spacial score (nSPS) is 14.6. The molecule has 0 unspecified atom stereocenters. The van der Waals surface area contributed by atoms with E-state index in [1.165, 1.54) is 18.0 Å². The van der Waals surface area contributed by atoms with Crippen LogP contribution >= 0.6 is 0 Å². The molecule has 43 heavy (non-hydrogen) atoms. The van der Waals surface area contributed by atoms with E-state index in [0.29, 0.717) is 38.9 Å². The summed E-state index contributed by atoms with van der Waals surface area (Å²) in [7, 11) is 0. The highest BCUT2D eigenvalue weighted by Crippen LogP contribution is 2.34. The Hall–Kier alpha value is -5.77. The number of rotatable bonds is 3. The number of benzene rings is 3. The maximum atomic E-state index is 14.0. The maximum absolute atomic E-state index is 14.0. The third kappa shape index (κ3) is 4.58. The second-order valence-corrected chi connectivity index (χ2v) is 10.3. The zero-order valence-corrected chi connectivity index (χ0v) is 23.7. The first-order valence-corrected chi connectivity index (χ1v) is 13.4. The van der Waals surface area contributed by atoms with Gasteiger partial charge in [-0.3, -0.25) is 14.4 Å². The Balaban J connectivity index is 1.64. The van der Waals surface area contributed by atoms with Crippen molar-refractivity contribution in [2.24, 2.45) is 4.99 Å². The lowest BCUT2D eigenvalue weighted by molar-refractivity contribution is -0.141. The number of carbonyl (C=O) groups excluding carboxylic acids is 2. The highest BCUT2D eigenvalue weighted by Gasteiger charge is 2.38. The number of nitrogens with zero attached hydrogens (tertiary/aromatic N) is 3. The number of carbonyl (C=O) groups is 2. The van der Waals surface area contributed by atoms with Gasteiger partial charge in [0.15, 0.2) is 5.84 Å². The van der Waals surface area contributed by atoms with E-state index in [-0.39, 0.29) is 28.1 Å². The van der Waals surface area contributed by atoms with Crippen LogP contribution < -0.4 is 16.1 Å². The third-order valence-corrected chi connectivity index (χ3v) is 7.28. The number of hydrogen-bond donors (Lipinski definition) is 1. The number of hydrogen-bond acceptors (Lipinski definition) is 9. The zero-order valence-electron chi connectivity index (χ0n) is 23.7. The number of amidine groups is 1. The van der Waals surface area contributed by atoms with Gasteiger partial charge in [-0.1, -0.05) is 42.5 Å². The van der Waals surface area contributed by atoms with E-state index in [2.05, 4.69) is 4.99 Å². The summed E-state index contributed by atoms with van der Waals surface area (Å²) in [5, 5.41) is 13.9. The van der Waals surface area contributed by atoms with Crippen molar-refractivity contribution in [1.29, 1.82) is 0 Å². The van der Waals surface area contributed by atoms with E-state index in [4.69, 9.17) is 8.83 Å². The fourth-order valence-corrected chi connectivity index (χ4v) is 5.18. The molecule has 0 bridgehead atoms. The summed E-state index contributed by atoms with van der Waals surface area (Å²) in [5.74, 6) is -1.92. The first-order valence-electron chi connectivity index (χ1n) is 13.4. The molecule has 1 aliphatic heterocycles. The molecule has 6 rings (SSSR count). The second-order valence-electron chi connectivity index (χ2n) is 10.3. The van der Waals surface area contributed by atoms with Gasteiger partial charge >= 0.3 is 5.63 Å². The fraction of sp³-hybridized carbons (Fsp3) is 0.121. The summed E-state index contributed by atoms with van der Waals surface area (Å²) in [6, 6.07) is 18.7. The molecule has 0 fully saturated rings. The molecule has 0 atom stereocenters. The van der Waals surface area contributed by atoms with Gasteiger partial charge in [-0.2, -0.15) is 5.01 Å². The number of hydrazine groups is 1. The Morgan fingerprint density at radius 3 is 2.33 bits per heavy atom. The molecule has 0 saturated carbocycles. The average molecular weight is 576 g/mol. The average Bonchev–Trinajstić information content (AvgIpc) is 2.96. The van der Waals surface area contributed by atoms with E-state index in [1.807, 2.05) is 6.07 Å². The molecule has 0 radical (unpaired) electrons. The van der Waals surface area contributed by atoms with Gasteiger partial charge in [0.1, 0.15) is 22.4 Å². The predicted molar refractivity (Wildman–Crippen MR) is 162 cm³/mol. The first kappa shape index (κ1) is 27.4. The molecule has 3 aromatic carbocycles. The molecule has 214 valence electrons. The molecule has 3 heterocycles. The smallest absolute Gasteiger partial charge is 0.336 e. The molecule has 2 amide bonds. The topological polar surface area (TPSA) is 134 Å². The van der Waals surface area contributed by atoms with Gasteiger partial charge in [0.25, 0.3) is 11.9 Å². The van der Waals surface area contributed by atoms with Gasteiger partial charge in [-0.05, 0) is 61.7 Å². The van der Waals surface area contributed by atoms with E-state index in [1.54, 1.807) is 75.4 Å². The van der Waals surface area contributed by atoms with Crippen LogP contribution in [-0.4, -0.2) is 27.8 Å². The number of amides is 2. The Labute approximate surface area is 244 Å². The van der Waals surface area contributed by atoms with Gasteiger partial charge in [0.2, 0.25) is 11.3 Å². The number of para-hydroxylation sites is 1. The lowest BCUT2D eigenvalue weighted by Gasteiger charge is -2.38. The number of aryl methyl sites for hydroxylation is 3. The molecule has 0 aliphatic carbocycles. The lowest BCUT2D eigenvalue weighted by Crippen LogP contribution is -2.56. The standard InChI is InChI=1S/C33H25N3O7/c1-17-9-8-12-22-29(39)24(33(41)43-30(17)22)15-25-32(40)35(20(4)37)36(31(34-25)21-10-6-5-7-11-21)26-16-23-18(2)14-28(38)42-27(23)13-19(26)3/h5-16,41H,1-4H3/b25-15+. The van der Waals surface area contributed by atoms with Gasteiger partial charge in [-0.15, -0.1) is 0 Å². The minimum Gasteiger partial charge on any atom is -0.480 e. The van der Waals surface area contributed by atoms with Crippen LogP contribution in [0, 0.1) is 20.8 Å². The van der Waals surface area contributed by atoms with Crippen molar-refractivity contribution in [2.75, 3.05) is 5.01 Å². The van der Waals surface area contributed by atoms with Crippen LogP contribution in [0.1, 0.15) is 34.7 Å². The Bertz CT molecular complexity index is 2180. The van der Waals surface area contributed by atoms with E-state index < -0.39 is 28.8 Å². The summed E-state index contributed by atoms with van der Waals surface area (Å²) in [5.41, 5.74) is 1.90. The number of fused-ring (bicyclic) bond motifs is 2. The molecule has 10 nitrogen and oxygen atoms in total. The summed E-state index contributed by atoms with van der Waals surface area (Å²) in [6.45, 7) is 6.50. The van der Waals surface area contributed by atoms with Crippen molar-refractivity contribution in [3.05, 3.63) is 121 Å². The van der Waals surface area contributed by atoms with Crippen molar-refractivity contribution in [2.45, 2.75) is 27.7 Å². The van der Waals surface area contributed by atoms with Gasteiger partial charge in [-0.25, -0.2) is 14.8 Å². The molecule has 0 saturated heterocycles. The summed E-state index contributed by atoms with van der Waals surface area (Å²) in [6.07, 6.45) is 1.13. The van der Waals surface area contributed by atoms with E-state index in [9.17, 15) is 24.3 Å². The number of imide groups is 1. The largest absolute Gasteiger partial charge is 0.480 e. The van der Waals surface area contributed by atoms with Crippen molar-refractivity contribution in [3.8, 4) is 5.95 Å². The minimum absolute atomic E-state index is 0.208. The Morgan fingerprint density at radius 1 is 0.860 bits per heavy atom. The summed E-state index contributed by atoms with van der Waals surface area (Å²) in [4.78, 5) is 57.2. The summed E-state index contributed by atoms with van der Waals surface area (Å²) >= 11 is 0. The van der Waals surface area contributed by atoms with E-state index in [0.717, 1.165) is 11.1 Å². The van der Waals surface area contributed by atoms with Crippen LogP contribution in [0.25, 0.3) is 28.0 Å². The molecular formula is C33H25N3O7. The van der Waals surface area contributed by atoms with Crippen LogP contribution in [0.2, 0.25) is 0 Å².